The van der Waals surface area contributed by atoms with Gasteiger partial charge in [0, 0.05) is 53.0 Å². The quantitative estimate of drug-likeness (QED) is 0.0287. The molecule has 0 bridgehead atoms. The minimum absolute atomic E-state index is 0.0110. The number of carbonyl (C=O) groups excluding carboxylic acids is 1. The van der Waals surface area contributed by atoms with Crippen molar-refractivity contribution in [1.82, 2.24) is 10.9 Å². The Balaban J connectivity index is 1.43. The number of azide groups is 2. The van der Waals surface area contributed by atoms with Gasteiger partial charge in [-0.05, 0) is 63.1 Å². The fourth-order valence-electron chi connectivity index (χ4n) is 6.54. The number of amides is 1. The van der Waals surface area contributed by atoms with Crippen molar-refractivity contribution in [3.8, 4) is 5.75 Å². The van der Waals surface area contributed by atoms with Gasteiger partial charge in [0.25, 0.3) is 5.91 Å². The molecule has 1 aliphatic heterocycles. The largest absolute Gasteiger partial charge is 0.494 e. The average molecular weight is 722 g/mol. The van der Waals surface area contributed by atoms with E-state index < -0.39 is 17.6 Å². The Labute approximate surface area is 312 Å². The van der Waals surface area contributed by atoms with Crippen LogP contribution in [-0.4, -0.2) is 42.2 Å². The number of rotatable bonds is 17. The zero-order chi connectivity index (χ0) is 37.6. The molecule has 0 saturated carbocycles. The van der Waals surface area contributed by atoms with Crippen LogP contribution in [0.25, 0.3) is 20.9 Å². The highest BCUT2D eigenvalue weighted by molar-refractivity contribution is 6.01. The van der Waals surface area contributed by atoms with Crippen LogP contribution in [0.15, 0.2) is 149 Å². The van der Waals surface area contributed by atoms with Gasteiger partial charge in [-0.25, -0.2) is 10.4 Å². The van der Waals surface area contributed by atoms with E-state index in [-0.39, 0.29) is 31.4 Å². The highest BCUT2D eigenvalue weighted by Gasteiger charge is 2.54. The number of hydrogen-bond donors (Lipinski definition) is 3. The van der Waals surface area contributed by atoms with Crippen LogP contribution in [0.3, 0.4) is 0 Å². The monoisotopic (exact) mass is 721 g/mol. The summed E-state index contributed by atoms with van der Waals surface area (Å²) in [4.78, 5) is 26.1. The van der Waals surface area contributed by atoms with Gasteiger partial charge >= 0.3 is 0 Å². The van der Waals surface area contributed by atoms with E-state index in [4.69, 9.17) is 19.6 Å². The summed E-state index contributed by atoms with van der Waals surface area (Å²) in [5, 5.41) is 16.9. The van der Waals surface area contributed by atoms with Crippen molar-refractivity contribution in [1.29, 1.82) is 0 Å². The van der Waals surface area contributed by atoms with E-state index in [2.05, 4.69) is 55.2 Å². The third-order valence-electron chi connectivity index (χ3n) is 9.19. The minimum Gasteiger partial charge on any atom is -0.494 e. The van der Waals surface area contributed by atoms with Crippen molar-refractivity contribution in [2.45, 2.75) is 36.9 Å². The molecule has 1 amide bonds. The number of aliphatic hydroxyl groups excluding tert-OH is 1. The first-order chi connectivity index (χ1) is 26.6. The molecule has 0 aliphatic carbocycles. The van der Waals surface area contributed by atoms with Gasteiger partial charge in [-0.3, -0.25) is 10.2 Å². The van der Waals surface area contributed by atoms with Crippen molar-refractivity contribution in [3.05, 3.63) is 188 Å². The highest BCUT2D eigenvalue weighted by atomic mass is 16.5. The lowest BCUT2D eigenvalue weighted by atomic mass is 9.80. The molecule has 0 radical (unpaired) electrons. The highest BCUT2D eigenvalue weighted by Crippen LogP contribution is 2.45. The third kappa shape index (κ3) is 8.70. The van der Waals surface area contributed by atoms with Crippen molar-refractivity contribution in [2.24, 2.45) is 15.2 Å². The number of aliphatic imine (C=N–C) groups is 1. The molecule has 54 heavy (non-hydrogen) atoms. The Bertz CT molecular complexity index is 2110. The lowest BCUT2D eigenvalue weighted by molar-refractivity contribution is -0.130. The van der Waals surface area contributed by atoms with E-state index in [9.17, 15) is 15.9 Å². The Kier molecular flexibility index (Phi) is 12.5. The lowest BCUT2D eigenvalue weighted by Crippen LogP contribution is -2.54. The normalized spacial score (nSPS) is 16.0. The smallest absolute Gasteiger partial charge is 0.266 e. The van der Waals surface area contributed by atoms with Gasteiger partial charge in [-0.15, -0.1) is 0 Å². The molecule has 1 heterocycles. The second-order valence-electron chi connectivity index (χ2n) is 12.6. The Morgan fingerprint density at radius 3 is 2.17 bits per heavy atom. The predicted octanol–water partition coefficient (Wildman–Crippen LogP) is 8.15. The van der Waals surface area contributed by atoms with E-state index >= 15 is 0 Å². The van der Waals surface area contributed by atoms with Gasteiger partial charge in [0.1, 0.15) is 5.75 Å². The molecule has 2 atom stereocenters. The molecule has 5 aromatic carbocycles. The van der Waals surface area contributed by atoms with Crippen LogP contribution < -0.4 is 15.6 Å². The fourth-order valence-corrected chi connectivity index (χ4v) is 6.54. The molecule has 0 saturated heterocycles. The molecule has 13 heteroatoms. The number of nitrogens with one attached hydrogen (secondary N) is 2. The summed E-state index contributed by atoms with van der Waals surface area (Å²) in [5.74, 6) is 0.237. The summed E-state index contributed by atoms with van der Waals surface area (Å²) in [5.41, 5.74) is 28.1. The van der Waals surface area contributed by atoms with Crippen LogP contribution in [0.4, 0.5) is 5.69 Å². The topological polar surface area (TPSA) is 190 Å². The number of hydrogen-bond acceptors (Lipinski definition) is 8. The second-order valence-corrected chi connectivity index (χ2v) is 12.6. The Morgan fingerprint density at radius 2 is 1.50 bits per heavy atom. The molecule has 0 spiro atoms. The standard InChI is InChI=1S/C41H39N9O4/c42-49-45-27-33-17-7-9-18-35(33)38-41(26-32-16-8-10-19-37(32)47-50-43,46-39(54-38)31-20-22-34(23-21-31)53-25-11-24-51)40(52)48-44-28-36(29-12-3-1-4-13-29)30-14-5-2-6-15-30/h1-10,12-23,36,38,44,51H,11,24-28H2,(H,48,52)/t38-,41-/m0/s1. The summed E-state index contributed by atoms with van der Waals surface area (Å²) in [7, 11) is 0. The zero-order valence-corrected chi connectivity index (χ0v) is 29.4. The van der Waals surface area contributed by atoms with E-state index in [1.54, 1.807) is 48.5 Å². The van der Waals surface area contributed by atoms with Crippen molar-refractivity contribution < 1.29 is 19.4 Å². The Morgan fingerprint density at radius 1 is 0.852 bits per heavy atom. The molecule has 272 valence electrons. The summed E-state index contributed by atoms with van der Waals surface area (Å²) in [6.45, 7) is 0.751. The third-order valence-corrected chi connectivity index (χ3v) is 9.19. The number of nitrogens with zero attached hydrogens (tertiary/aromatic N) is 7. The molecular weight excluding hydrogens is 683 g/mol. The molecule has 0 unspecified atom stereocenters. The number of benzene rings is 5. The van der Waals surface area contributed by atoms with Crippen LogP contribution in [0.1, 0.15) is 51.8 Å². The molecule has 1 aliphatic rings. The molecule has 0 fully saturated rings. The van der Waals surface area contributed by atoms with Gasteiger partial charge in [0.2, 0.25) is 5.90 Å². The first kappa shape index (κ1) is 37.1. The van der Waals surface area contributed by atoms with E-state index in [1.807, 2.05) is 60.7 Å². The molecule has 13 nitrogen and oxygen atoms in total. The number of hydrazine groups is 1. The van der Waals surface area contributed by atoms with E-state index in [0.29, 0.717) is 53.3 Å². The number of carbonyl (C=O) groups is 1. The van der Waals surface area contributed by atoms with Crippen LogP contribution in [0, 0.1) is 0 Å². The molecular formula is C41H39N9O4. The van der Waals surface area contributed by atoms with Gasteiger partial charge < -0.3 is 14.6 Å². The fraction of sp³-hybridized carbons (Fsp3) is 0.220. The van der Waals surface area contributed by atoms with Crippen LogP contribution in [0.2, 0.25) is 0 Å². The predicted molar refractivity (Wildman–Crippen MR) is 206 cm³/mol. The molecule has 0 aromatic heterocycles. The summed E-state index contributed by atoms with van der Waals surface area (Å²) >= 11 is 0. The van der Waals surface area contributed by atoms with Gasteiger partial charge in [0.05, 0.1) is 13.2 Å². The summed E-state index contributed by atoms with van der Waals surface area (Å²) < 4.78 is 12.5. The van der Waals surface area contributed by atoms with E-state index in [1.165, 1.54) is 0 Å². The van der Waals surface area contributed by atoms with Gasteiger partial charge in [0.15, 0.2) is 11.6 Å². The molecule has 5 aromatic rings. The SMILES string of the molecule is [N-]=[N+]=NCc1ccccc1[C@@H]1OC(c2ccc(OCCCO)cc2)=N[C@]1(Cc1ccccc1N=[N+]=[N-])C(=O)NNCC(c1ccccc1)c1ccccc1. The second kappa shape index (κ2) is 18.2. The lowest BCUT2D eigenvalue weighted by Gasteiger charge is -2.32. The van der Waals surface area contributed by atoms with Crippen molar-refractivity contribution in [3.63, 3.8) is 0 Å². The maximum absolute atomic E-state index is 15.0. The maximum atomic E-state index is 15.0. The van der Waals surface area contributed by atoms with Crippen molar-refractivity contribution >= 4 is 17.5 Å². The van der Waals surface area contributed by atoms with E-state index in [0.717, 1.165) is 11.1 Å². The molecule has 3 N–H and O–H groups in total. The number of aliphatic hydroxyl groups is 1. The summed E-state index contributed by atoms with van der Waals surface area (Å²) in [6.07, 6.45) is -0.518. The number of ether oxygens (including phenoxy) is 2. The van der Waals surface area contributed by atoms with Gasteiger partial charge in [-0.2, -0.15) is 0 Å². The van der Waals surface area contributed by atoms with Crippen molar-refractivity contribution in [2.75, 3.05) is 19.8 Å². The average Bonchev–Trinajstić information content (AvgIpc) is 3.60. The first-order valence-electron chi connectivity index (χ1n) is 17.5. The Hall–Kier alpha value is -6.62. The first-order valence-corrected chi connectivity index (χ1v) is 17.5. The van der Waals surface area contributed by atoms with Gasteiger partial charge in [-0.1, -0.05) is 119 Å². The molecule has 6 rings (SSSR count). The minimum atomic E-state index is -1.65. The van der Waals surface area contributed by atoms with Crippen LogP contribution in [-0.2, 0) is 22.5 Å². The zero-order valence-electron chi connectivity index (χ0n) is 29.4. The summed E-state index contributed by atoms with van der Waals surface area (Å²) in [6, 6.07) is 41.6. The van der Waals surface area contributed by atoms with Crippen LogP contribution in [0.5, 0.6) is 5.75 Å². The maximum Gasteiger partial charge on any atom is 0.266 e. The van der Waals surface area contributed by atoms with Crippen LogP contribution >= 0.6 is 0 Å².